The highest BCUT2D eigenvalue weighted by Gasteiger charge is 2.29. The van der Waals surface area contributed by atoms with Gasteiger partial charge in [0.05, 0.1) is 22.5 Å². The number of aryl methyl sites for hydroxylation is 1. The lowest BCUT2D eigenvalue weighted by molar-refractivity contribution is -0.126. The molecule has 1 fully saturated rings. The van der Waals surface area contributed by atoms with Gasteiger partial charge in [-0.25, -0.2) is 9.37 Å². The number of hydrogen-bond donors (Lipinski definition) is 1. The molecule has 0 radical (unpaired) electrons. The third kappa shape index (κ3) is 4.96. The number of nitrogens with zero attached hydrogens (tertiary/aromatic N) is 3. The molecular weight excluding hydrogens is 455 g/mol. The van der Waals surface area contributed by atoms with E-state index < -0.39 is 0 Å². The Bertz CT molecular complexity index is 1420. The van der Waals surface area contributed by atoms with Crippen molar-refractivity contribution in [2.24, 2.45) is 5.92 Å². The summed E-state index contributed by atoms with van der Waals surface area (Å²) in [4.78, 5) is 37.2. The molecule has 1 aliphatic heterocycles. The highest BCUT2D eigenvalue weighted by Crippen LogP contribution is 2.27. The van der Waals surface area contributed by atoms with E-state index in [0.29, 0.717) is 48.4 Å². The summed E-state index contributed by atoms with van der Waals surface area (Å²) in [7, 11) is 0. The number of rotatable bonds is 5. The van der Waals surface area contributed by atoms with Crippen LogP contribution in [0.2, 0.25) is 0 Å². The average molecular weight is 483 g/mol. The van der Waals surface area contributed by atoms with Crippen molar-refractivity contribution in [1.82, 2.24) is 20.2 Å². The maximum absolute atomic E-state index is 13.8. The summed E-state index contributed by atoms with van der Waals surface area (Å²) in [6.07, 6.45) is 2.87. The van der Waals surface area contributed by atoms with Gasteiger partial charge in [-0.05, 0) is 61.2 Å². The van der Waals surface area contributed by atoms with E-state index in [9.17, 15) is 14.0 Å². The SMILES string of the molecule is Cc1ccc(CNC(=O)C2CCN(C(=O)c3cc(-c4ccccn4)nc4ccccc34)CC2)cc1F. The number of amides is 2. The van der Waals surface area contributed by atoms with E-state index in [-0.39, 0.29) is 30.1 Å². The topological polar surface area (TPSA) is 75.2 Å². The van der Waals surface area contributed by atoms with Crippen LogP contribution in [0.1, 0.15) is 34.3 Å². The zero-order valence-electron chi connectivity index (χ0n) is 20.1. The van der Waals surface area contributed by atoms with Gasteiger partial charge in [0.25, 0.3) is 5.91 Å². The smallest absolute Gasteiger partial charge is 0.254 e. The Morgan fingerprint density at radius 1 is 1.00 bits per heavy atom. The number of carbonyl (C=O) groups excluding carboxylic acids is 2. The first-order chi connectivity index (χ1) is 17.5. The third-order valence-corrected chi connectivity index (χ3v) is 6.73. The van der Waals surface area contributed by atoms with Crippen molar-refractivity contribution in [3.63, 3.8) is 0 Å². The zero-order chi connectivity index (χ0) is 25.1. The van der Waals surface area contributed by atoms with Crippen LogP contribution < -0.4 is 5.32 Å². The number of hydrogen-bond acceptors (Lipinski definition) is 4. The molecule has 2 amide bonds. The van der Waals surface area contributed by atoms with Crippen LogP contribution in [0, 0.1) is 18.7 Å². The summed E-state index contributed by atoms with van der Waals surface area (Å²) in [5.41, 5.74) is 4.00. The van der Waals surface area contributed by atoms with Crippen molar-refractivity contribution in [3.05, 3.63) is 95.4 Å². The molecule has 0 bridgehead atoms. The fourth-order valence-electron chi connectivity index (χ4n) is 4.59. The summed E-state index contributed by atoms with van der Waals surface area (Å²) in [6.45, 7) is 2.98. The first kappa shape index (κ1) is 23.6. The van der Waals surface area contributed by atoms with E-state index in [1.54, 1.807) is 19.2 Å². The molecule has 0 spiro atoms. The number of aromatic nitrogens is 2. The molecule has 6 nitrogen and oxygen atoms in total. The van der Waals surface area contributed by atoms with Crippen molar-refractivity contribution < 1.29 is 14.0 Å². The number of para-hydroxylation sites is 1. The lowest BCUT2D eigenvalue weighted by Gasteiger charge is -2.31. The quantitative estimate of drug-likeness (QED) is 0.439. The molecular formula is C29H27FN4O2. The first-order valence-corrected chi connectivity index (χ1v) is 12.1. The number of nitrogens with one attached hydrogen (secondary N) is 1. The monoisotopic (exact) mass is 482 g/mol. The molecule has 1 saturated heterocycles. The largest absolute Gasteiger partial charge is 0.352 e. The maximum atomic E-state index is 13.8. The Morgan fingerprint density at radius 3 is 2.53 bits per heavy atom. The summed E-state index contributed by atoms with van der Waals surface area (Å²) in [6, 6.07) is 20.0. The minimum atomic E-state index is -0.275. The maximum Gasteiger partial charge on any atom is 0.254 e. The Kier molecular flexibility index (Phi) is 6.71. The summed E-state index contributed by atoms with van der Waals surface area (Å²) >= 11 is 0. The lowest BCUT2D eigenvalue weighted by Crippen LogP contribution is -2.43. The molecule has 4 aromatic rings. The molecule has 1 N–H and O–H groups in total. The molecule has 5 rings (SSSR count). The van der Waals surface area contributed by atoms with Crippen LogP contribution in [0.4, 0.5) is 4.39 Å². The van der Waals surface area contributed by atoms with Gasteiger partial charge in [0.1, 0.15) is 5.82 Å². The number of likely N-dealkylation sites (tertiary alicyclic amines) is 1. The molecule has 182 valence electrons. The van der Waals surface area contributed by atoms with Gasteiger partial charge in [-0.15, -0.1) is 0 Å². The van der Waals surface area contributed by atoms with E-state index in [0.717, 1.165) is 16.5 Å². The van der Waals surface area contributed by atoms with Crippen molar-refractivity contribution >= 4 is 22.7 Å². The standard InChI is InChI=1S/C29H27FN4O2/c1-19-9-10-20(16-24(19)30)18-32-28(35)21-11-14-34(15-12-21)29(36)23-17-27(26-8-4-5-13-31-26)33-25-7-3-2-6-22(23)25/h2-10,13,16-17,21H,11-12,14-15,18H2,1H3,(H,32,35). The van der Waals surface area contributed by atoms with E-state index in [1.807, 2.05) is 59.5 Å². The van der Waals surface area contributed by atoms with Crippen LogP contribution in [0.5, 0.6) is 0 Å². The second-order valence-corrected chi connectivity index (χ2v) is 9.15. The van der Waals surface area contributed by atoms with Crippen LogP contribution >= 0.6 is 0 Å². The number of benzene rings is 2. The highest BCUT2D eigenvalue weighted by molar-refractivity contribution is 6.07. The second kappa shape index (κ2) is 10.2. The van der Waals surface area contributed by atoms with Crippen molar-refractivity contribution in [3.8, 4) is 11.4 Å². The third-order valence-electron chi connectivity index (χ3n) is 6.73. The molecule has 0 saturated carbocycles. The number of carbonyl (C=O) groups is 2. The number of halogens is 1. The normalized spacial score (nSPS) is 14.1. The van der Waals surface area contributed by atoms with E-state index in [1.165, 1.54) is 6.07 Å². The molecule has 2 aromatic carbocycles. The van der Waals surface area contributed by atoms with Crippen LogP contribution in [-0.4, -0.2) is 39.8 Å². The Hall–Kier alpha value is -4.13. The Balaban J connectivity index is 1.27. The highest BCUT2D eigenvalue weighted by atomic mass is 19.1. The second-order valence-electron chi connectivity index (χ2n) is 9.15. The van der Waals surface area contributed by atoms with E-state index >= 15 is 0 Å². The summed E-state index contributed by atoms with van der Waals surface area (Å²) in [5, 5.41) is 3.72. The average Bonchev–Trinajstić information content (AvgIpc) is 2.93. The minimum Gasteiger partial charge on any atom is -0.352 e. The van der Waals surface area contributed by atoms with Gasteiger partial charge in [0.2, 0.25) is 5.91 Å². The predicted octanol–water partition coefficient (Wildman–Crippen LogP) is 4.91. The Morgan fingerprint density at radius 2 is 1.78 bits per heavy atom. The number of piperidine rings is 1. The lowest BCUT2D eigenvalue weighted by atomic mass is 9.94. The fraction of sp³-hybridized carbons (Fsp3) is 0.241. The van der Waals surface area contributed by atoms with Crippen LogP contribution in [-0.2, 0) is 11.3 Å². The molecule has 1 aliphatic rings. The van der Waals surface area contributed by atoms with E-state index in [4.69, 9.17) is 4.98 Å². The molecule has 2 aromatic heterocycles. The number of fused-ring (bicyclic) bond motifs is 1. The van der Waals surface area contributed by atoms with Gasteiger partial charge in [-0.2, -0.15) is 0 Å². The van der Waals surface area contributed by atoms with Gasteiger partial charge < -0.3 is 10.2 Å². The van der Waals surface area contributed by atoms with Crippen LogP contribution in [0.15, 0.2) is 72.9 Å². The fourth-order valence-corrected chi connectivity index (χ4v) is 4.59. The van der Waals surface area contributed by atoms with Gasteiger partial charge in [0.15, 0.2) is 0 Å². The van der Waals surface area contributed by atoms with Gasteiger partial charge in [0, 0.05) is 37.1 Å². The number of pyridine rings is 2. The zero-order valence-corrected chi connectivity index (χ0v) is 20.1. The molecule has 0 unspecified atom stereocenters. The van der Waals surface area contributed by atoms with Crippen LogP contribution in [0.25, 0.3) is 22.3 Å². The Labute approximate surface area is 209 Å². The van der Waals surface area contributed by atoms with Crippen molar-refractivity contribution in [2.45, 2.75) is 26.3 Å². The van der Waals surface area contributed by atoms with E-state index in [2.05, 4.69) is 10.3 Å². The molecule has 3 heterocycles. The molecule has 36 heavy (non-hydrogen) atoms. The first-order valence-electron chi connectivity index (χ1n) is 12.1. The predicted molar refractivity (Wildman–Crippen MR) is 137 cm³/mol. The molecule has 0 aliphatic carbocycles. The summed E-state index contributed by atoms with van der Waals surface area (Å²) in [5.74, 6) is -0.583. The van der Waals surface area contributed by atoms with Crippen molar-refractivity contribution in [1.29, 1.82) is 0 Å². The van der Waals surface area contributed by atoms with Gasteiger partial charge >= 0.3 is 0 Å². The summed E-state index contributed by atoms with van der Waals surface area (Å²) < 4.78 is 13.8. The van der Waals surface area contributed by atoms with Gasteiger partial charge in [-0.3, -0.25) is 14.6 Å². The molecule has 7 heteroatoms. The minimum absolute atomic E-state index is 0.0603. The van der Waals surface area contributed by atoms with Crippen LogP contribution in [0.3, 0.4) is 0 Å². The van der Waals surface area contributed by atoms with Crippen molar-refractivity contribution in [2.75, 3.05) is 13.1 Å². The molecule has 0 atom stereocenters. The van der Waals surface area contributed by atoms with Gasteiger partial charge in [-0.1, -0.05) is 36.4 Å².